The molecule has 0 bridgehead atoms. The first kappa shape index (κ1) is 14.4. The molecule has 3 heteroatoms. The molecule has 0 aromatic heterocycles. The number of aryl methyl sites for hydroxylation is 1. The van der Waals surface area contributed by atoms with Gasteiger partial charge in [-0.25, -0.2) is 0 Å². The molecule has 0 heterocycles. The van der Waals surface area contributed by atoms with Crippen LogP contribution in [0.1, 0.15) is 36.8 Å². The fourth-order valence-electron chi connectivity index (χ4n) is 3.07. The van der Waals surface area contributed by atoms with Crippen molar-refractivity contribution in [2.24, 2.45) is 0 Å². The van der Waals surface area contributed by atoms with E-state index in [0.717, 1.165) is 37.0 Å². The summed E-state index contributed by atoms with van der Waals surface area (Å²) in [6.07, 6.45) is 5.99. The van der Waals surface area contributed by atoms with E-state index in [-0.39, 0.29) is 0 Å². The summed E-state index contributed by atoms with van der Waals surface area (Å²) in [5.74, 6) is 1.04. The Morgan fingerprint density at radius 3 is 3.00 bits per heavy atom. The van der Waals surface area contributed by atoms with Crippen LogP contribution in [0.25, 0.3) is 0 Å². The minimum atomic E-state index is -0.687. The van der Waals surface area contributed by atoms with Gasteiger partial charge in [0.15, 0.2) is 0 Å². The Kier molecular flexibility index (Phi) is 4.90. The van der Waals surface area contributed by atoms with Crippen molar-refractivity contribution >= 4 is 11.8 Å². The molecule has 0 saturated heterocycles. The third kappa shape index (κ3) is 2.80. The van der Waals surface area contributed by atoms with E-state index in [4.69, 9.17) is 0 Å². The molecule has 1 aromatic rings. The Morgan fingerprint density at radius 1 is 1.47 bits per heavy atom. The van der Waals surface area contributed by atoms with Crippen LogP contribution in [0.4, 0.5) is 0 Å². The van der Waals surface area contributed by atoms with Crippen LogP contribution >= 0.6 is 11.8 Å². The standard InChI is InChI=1S/C16H21NOS/c1-19-11-5-9-15(18)16(12-17)10-4-7-13-6-2-3-8-14(13)16/h2-3,6,8,15,18H,4-5,7,9-11H2,1H3. The average Bonchev–Trinajstić information content (AvgIpc) is 2.46. The molecule has 0 spiro atoms. The first-order valence-electron chi connectivity index (χ1n) is 6.91. The quantitative estimate of drug-likeness (QED) is 0.839. The highest BCUT2D eigenvalue weighted by Gasteiger charge is 2.42. The molecule has 0 radical (unpaired) electrons. The Bertz CT molecular complexity index is 468. The van der Waals surface area contributed by atoms with Crippen LogP contribution in [0, 0.1) is 11.3 Å². The lowest BCUT2D eigenvalue weighted by Crippen LogP contribution is -2.41. The zero-order chi connectivity index (χ0) is 13.7. The van der Waals surface area contributed by atoms with Crippen LogP contribution in [0.15, 0.2) is 24.3 Å². The number of thioether (sulfide) groups is 1. The molecular formula is C16H21NOS. The normalized spacial score (nSPS) is 23.4. The molecule has 2 rings (SSSR count). The van der Waals surface area contributed by atoms with Crippen molar-refractivity contribution in [1.29, 1.82) is 5.26 Å². The van der Waals surface area contributed by atoms with E-state index in [1.807, 2.05) is 18.2 Å². The van der Waals surface area contributed by atoms with Crippen molar-refractivity contribution in [1.82, 2.24) is 0 Å². The molecule has 2 nitrogen and oxygen atoms in total. The molecule has 1 aliphatic carbocycles. The Morgan fingerprint density at radius 2 is 2.26 bits per heavy atom. The first-order valence-corrected chi connectivity index (χ1v) is 8.30. The van der Waals surface area contributed by atoms with E-state index >= 15 is 0 Å². The second kappa shape index (κ2) is 6.45. The lowest BCUT2D eigenvalue weighted by atomic mass is 9.67. The van der Waals surface area contributed by atoms with Crippen LogP contribution in [0.3, 0.4) is 0 Å². The SMILES string of the molecule is CSCCCC(O)C1(C#N)CCCc2ccccc21. The second-order valence-electron chi connectivity index (χ2n) is 5.24. The zero-order valence-electron chi connectivity index (χ0n) is 11.4. The lowest BCUT2D eigenvalue weighted by molar-refractivity contribution is 0.0904. The zero-order valence-corrected chi connectivity index (χ0v) is 12.2. The Labute approximate surface area is 119 Å². The van der Waals surface area contributed by atoms with Crippen molar-refractivity contribution in [2.75, 3.05) is 12.0 Å². The lowest BCUT2D eigenvalue weighted by Gasteiger charge is -2.37. The van der Waals surface area contributed by atoms with Crippen molar-refractivity contribution < 1.29 is 5.11 Å². The Hall–Kier alpha value is -0.980. The largest absolute Gasteiger partial charge is 0.391 e. The van der Waals surface area contributed by atoms with Crippen molar-refractivity contribution in [3.8, 4) is 6.07 Å². The summed E-state index contributed by atoms with van der Waals surface area (Å²) in [7, 11) is 0. The van der Waals surface area contributed by atoms with E-state index < -0.39 is 11.5 Å². The van der Waals surface area contributed by atoms with Crippen molar-refractivity contribution in [3.05, 3.63) is 35.4 Å². The van der Waals surface area contributed by atoms with Crippen LogP contribution in [-0.2, 0) is 11.8 Å². The minimum absolute atomic E-state index is 0.550. The van der Waals surface area contributed by atoms with Crippen molar-refractivity contribution in [2.45, 2.75) is 43.6 Å². The maximum atomic E-state index is 10.6. The molecule has 19 heavy (non-hydrogen) atoms. The monoisotopic (exact) mass is 275 g/mol. The molecule has 1 aromatic carbocycles. The molecule has 102 valence electrons. The molecule has 0 amide bonds. The molecular weight excluding hydrogens is 254 g/mol. The van der Waals surface area contributed by atoms with Crippen LogP contribution < -0.4 is 0 Å². The molecule has 1 N–H and O–H groups in total. The van der Waals surface area contributed by atoms with Crippen LogP contribution in [-0.4, -0.2) is 23.2 Å². The van der Waals surface area contributed by atoms with E-state index in [1.165, 1.54) is 5.56 Å². The van der Waals surface area contributed by atoms with Gasteiger partial charge in [0.1, 0.15) is 5.41 Å². The summed E-state index contributed by atoms with van der Waals surface area (Å²) in [5, 5.41) is 20.3. The molecule has 0 aliphatic heterocycles. The van der Waals surface area contributed by atoms with Gasteiger partial charge in [0.2, 0.25) is 0 Å². The van der Waals surface area contributed by atoms with E-state index in [1.54, 1.807) is 11.8 Å². The fraction of sp³-hybridized carbons (Fsp3) is 0.562. The predicted octanol–water partition coefficient (Wildman–Crippen LogP) is 3.29. The van der Waals surface area contributed by atoms with Gasteiger partial charge in [-0.05, 0) is 55.2 Å². The van der Waals surface area contributed by atoms with Gasteiger partial charge in [0.25, 0.3) is 0 Å². The number of nitriles is 1. The van der Waals surface area contributed by atoms with Crippen LogP contribution in [0.5, 0.6) is 0 Å². The summed E-state index contributed by atoms with van der Waals surface area (Å²) in [6.45, 7) is 0. The van der Waals surface area contributed by atoms with Gasteiger partial charge < -0.3 is 5.11 Å². The highest BCUT2D eigenvalue weighted by atomic mass is 32.2. The van der Waals surface area contributed by atoms with Gasteiger partial charge in [0.05, 0.1) is 12.2 Å². The number of aliphatic hydroxyl groups excluding tert-OH is 1. The molecule has 2 unspecified atom stereocenters. The summed E-state index contributed by atoms with van der Waals surface area (Å²) in [6, 6.07) is 10.6. The van der Waals surface area contributed by atoms with Gasteiger partial charge in [0, 0.05) is 0 Å². The summed E-state index contributed by atoms with van der Waals surface area (Å²) < 4.78 is 0. The van der Waals surface area contributed by atoms with E-state index in [0.29, 0.717) is 6.42 Å². The number of hydrogen-bond acceptors (Lipinski definition) is 3. The average molecular weight is 275 g/mol. The van der Waals surface area contributed by atoms with Gasteiger partial charge in [-0.3, -0.25) is 0 Å². The predicted molar refractivity (Wildman–Crippen MR) is 80.3 cm³/mol. The van der Waals surface area contributed by atoms with Crippen molar-refractivity contribution in [3.63, 3.8) is 0 Å². The maximum Gasteiger partial charge on any atom is 0.108 e. The van der Waals surface area contributed by atoms with Gasteiger partial charge in [-0.1, -0.05) is 24.3 Å². The van der Waals surface area contributed by atoms with Gasteiger partial charge >= 0.3 is 0 Å². The second-order valence-corrected chi connectivity index (χ2v) is 6.23. The van der Waals surface area contributed by atoms with E-state index in [2.05, 4.69) is 18.4 Å². The van der Waals surface area contributed by atoms with Crippen LogP contribution in [0.2, 0.25) is 0 Å². The minimum Gasteiger partial charge on any atom is -0.391 e. The smallest absolute Gasteiger partial charge is 0.108 e. The Balaban J connectivity index is 2.26. The molecule has 0 saturated carbocycles. The van der Waals surface area contributed by atoms with Gasteiger partial charge in [-0.2, -0.15) is 17.0 Å². The third-order valence-corrected chi connectivity index (χ3v) is 4.81. The number of benzene rings is 1. The summed E-state index contributed by atoms with van der Waals surface area (Å²) in [4.78, 5) is 0. The highest BCUT2D eigenvalue weighted by Crippen LogP contribution is 2.40. The number of rotatable bonds is 5. The van der Waals surface area contributed by atoms with Gasteiger partial charge in [-0.15, -0.1) is 0 Å². The topological polar surface area (TPSA) is 44.0 Å². The number of hydrogen-bond donors (Lipinski definition) is 1. The molecule has 0 fully saturated rings. The number of aliphatic hydroxyl groups is 1. The summed E-state index contributed by atoms with van der Waals surface area (Å²) in [5.41, 5.74) is 1.60. The number of nitrogens with zero attached hydrogens (tertiary/aromatic N) is 1. The fourth-order valence-corrected chi connectivity index (χ4v) is 3.53. The highest BCUT2D eigenvalue weighted by molar-refractivity contribution is 7.98. The number of fused-ring (bicyclic) bond motifs is 1. The maximum absolute atomic E-state index is 10.6. The third-order valence-electron chi connectivity index (χ3n) is 4.11. The first-order chi connectivity index (χ1) is 9.24. The summed E-state index contributed by atoms with van der Waals surface area (Å²) >= 11 is 1.79. The molecule has 1 aliphatic rings. The molecule has 2 atom stereocenters. The van der Waals surface area contributed by atoms with E-state index in [9.17, 15) is 10.4 Å².